The molecular formula is C17H25N3O. The third-order valence-electron chi connectivity index (χ3n) is 4.77. The van der Waals surface area contributed by atoms with Crippen LogP contribution in [0.1, 0.15) is 24.8 Å². The molecule has 2 heterocycles. The SMILES string of the molecule is CNC1CCN(CC(=O)N2CCCc3ccccc32)CC1. The van der Waals surface area contributed by atoms with Gasteiger partial charge in [-0.3, -0.25) is 9.69 Å². The van der Waals surface area contributed by atoms with E-state index >= 15 is 0 Å². The standard InChI is InChI=1S/C17H25N3O/c1-18-15-8-11-19(12-9-15)13-17(21)20-10-4-6-14-5-2-3-7-16(14)20/h2-3,5,7,15,18H,4,6,8-13H2,1H3. The van der Waals surface area contributed by atoms with E-state index in [1.807, 2.05) is 18.0 Å². The van der Waals surface area contributed by atoms with Gasteiger partial charge >= 0.3 is 0 Å². The molecule has 3 rings (SSSR count). The molecule has 21 heavy (non-hydrogen) atoms. The van der Waals surface area contributed by atoms with E-state index in [0.717, 1.165) is 51.0 Å². The number of nitrogens with one attached hydrogen (secondary N) is 1. The average molecular weight is 287 g/mol. The maximum atomic E-state index is 12.6. The molecule has 0 bridgehead atoms. The van der Waals surface area contributed by atoms with Crippen LogP contribution < -0.4 is 10.2 Å². The minimum atomic E-state index is 0.255. The van der Waals surface area contributed by atoms with E-state index in [1.54, 1.807) is 0 Å². The van der Waals surface area contributed by atoms with Crippen molar-refractivity contribution in [2.45, 2.75) is 31.7 Å². The number of nitrogens with zero attached hydrogens (tertiary/aromatic N) is 2. The number of piperidine rings is 1. The Morgan fingerprint density at radius 1 is 1.24 bits per heavy atom. The van der Waals surface area contributed by atoms with E-state index in [4.69, 9.17) is 0 Å². The molecular weight excluding hydrogens is 262 g/mol. The summed E-state index contributed by atoms with van der Waals surface area (Å²) in [5.74, 6) is 0.255. The Morgan fingerprint density at radius 2 is 2.00 bits per heavy atom. The maximum absolute atomic E-state index is 12.6. The van der Waals surface area contributed by atoms with Crippen molar-refractivity contribution >= 4 is 11.6 Å². The minimum Gasteiger partial charge on any atom is -0.317 e. The zero-order chi connectivity index (χ0) is 14.7. The molecule has 2 aliphatic rings. The normalized spacial score (nSPS) is 20.3. The van der Waals surface area contributed by atoms with Gasteiger partial charge in [0.1, 0.15) is 0 Å². The largest absolute Gasteiger partial charge is 0.317 e. The van der Waals surface area contributed by atoms with Gasteiger partial charge in [-0.25, -0.2) is 0 Å². The Kier molecular flexibility index (Phi) is 4.56. The predicted molar refractivity (Wildman–Crippen MR) is 85.6 cm³/mol. The number of aryl methyl sites for hydroxylation is 1. The molecule has 4 nitrogen and oxygen atoms in total. The lowest BCUT2D eigenvalue weighted by Crippen LogP contribution is -2.47. The van der Waals surface area contributed by atoms with Crippen LogP contribution in [0, 0.1) is 0 Å². The summed E-state index contributed by atoms with van der Waals surface area (Å²) in [4.78, 5) is 16.9. The molecule has 1 fully saturated rings. The van der Waals surface area contributed by atoms with Gasteiger partial charge in [-0.15, -0.1) is 0 Å². The first-order valence-corrected chi connectivity index (χ1v) is 8.06. The highest BCUT2D eigenvalue weighted by molar-refractivity contribution is 5.95. The highest BCUT2D eigenvalue weighted by Crippen LogP contribution is 2.26. The zero-order valence-electron chi connectivity index (χ0n) is 12.8. The van der Waals surface area contributed by atoms with Gasteiger partial charge < -0.3 is 10.2 Å². The number of fused-ring (bicyclic) bond motifs is 1. The summed E-state index contributed by atoms with van der Waals surface area (Å²) in [7, 11) is 2.02. The molecule has 0 spiro atoms. The monoisotopic (exact) mass is 287 g/mol. The van der Waals surface area contributed by atoms with Crippen LogP contribution in [0.3, 0.4) is 0 Å². The Bertz CT molecular complexity index is 495. The second-order valence-electron chi connectivity index (χ2n) is 6.12. The molecule has 0 atom stereocenters. The van der Waals surface area contributed by atoms with Gasteiger partial charge in [-0.05, 0) is 44.4 Å². The fourth-order valence-electron chi connectivity index (χ4n) is 3.45. The number of para-hydroxylation sites is 1. The van der Waals surface area contributed by atoms with Crippen molar-refractivity contribution < 1.29 is 4.79 Å². The highest BCUT2D eigenvalue weighted by Gasteiger charge is 2.25. The number of benzene rings is 1. The van der Waals surface area contributed by atoms with Gasteiger partial charge in [-0.2, -0.15) is 0 Å². The average Bonchev–Trinajstić information content (AvgIpc) is 2.55. The number of amides is 1. The van der Waals surface area contributed by atoms with E-state index in [1.165, 1.54) is 5.56 Å². The fourth-order valence-corrected chi connectivity index (χ4v) is 3.45. The fraction of sp³-hybridized carbons (Fsp3) is 0.588. The Balaban J connectivity index is 1.62. The number of hydrogen-bond donors (Lipinski definition) is 1. The summed E-state index contributed by atoms with van der Waals surface area (Å²) in [5, 5.41) is 3.33. The lowest BCUT2D eigenvalue weighted by molar-refractivity contribution is -0.120. The Labute approximate surface area is 127 Å². The Hall–Kier alpha value is -1.39. The smallest absolute Gasteiger partial charge is 0.241 e. The molecule has 4 heteroatoms. The molecule has 1 N–H and O–H groups in total. The third-order valence-corrected chi connectivity index (χ3v) is 4.77. The maximum Gasteiger partial charge on any atom is 0.241 e. The number of carbonyl (C=O) groups is 1. The quantitative estimate of drug-likeness (QED) is 0.918. The van der Waals surface area contributed by atoms with Crippen LogP contribution in [0.15, 0.2) is 24.3 Å². The van der Waals surface area contributed by atoms with E-state index < -0.39 is 0 Å². The van der Waals surface area contributed by atoms with Crippen molar-refractivity contribution in [2.24, 2.45) is 0 Å². The third kappa shape index (κ3) is 3.27. The Morgan fingerprint density at radius 3 is 2.76 bits per heavy atom. The number of likely N-dealkylation sites (tertiary alicyclic amines) is 1. The molecule has 1 aromatic rings. The van der Waals surface area contributed by atoms with E-state index in [-0.39, 0.29) is 5.91 Å². The van der Waals surface area contributed by atoms with Crippen molar-refractivity contribution in [2.75, 3.05) is 38.1 Å². The van der Waals surface area contributed by atoms with Crippen LogP contribution in [0.5, 0.6) is 0 Å². The summed E-state index contributed by atoms with van der Waals surface area (Å²) >= 11 is 0. The van der Waals surface area contributed by atoms with Crippen LogP contribution in [0.25, 0.3) is 0 Å². The van der Waals surface area contributed by atoms with Crippen LogP contribution >= 0.6 is 0 Å². The molecule has 114 valence electrons. The first-order valence-electron chi connectivity index (χ1n) is 8.06. The van der Waals surface area contributed by atoms with Crippen LogP contribution in [0.2, 0.25) is 0 Å². The topological polar surface area (TPSA) is 35.6 Å². The summed E-state index contributed by atoms with van der Waals surface area (Å²) < 4.78 is 0. The number of hydrogen-bond acceptors (Lipinski definition) is 3. The first kappa shape index (κ1) is 14.5. The van der Waals surface area contributed by atoms with E-state index in [9.17, 15) is 4.79 Å². The second kappa shape index (κ2) is 6.58. The second-order valence-corrected chi connectivity index (χ2v) is 6.12. The number of carbonyl (C=O) groups excluding carboxylic acids is 1. The minimum absolute atomic E-state index is 0.255. The van der Waals surface area contributed by atoms with Crippen LogP contribution in [-0.2, 0) is 11.2 Å². The summed E-state index contributed by atoms with van der Waals surface area (Å²) in [6, 6.07) is 8.94. The summed E-state index contributed by atoms with van der Waals surface area (Å²) in [6.45, 7) is 3.47. The van der Waals surface area contributed by atoms with Crippen molar-refractivity contribution in [1.82, 2.24) is 10.2 Å². The van der Waals surface area contributed by atoms with E-state index in [2.05, 4.69) is 28.4 Å². The number of rotatable bonds is 3. The van der Waals surface area contributed by atoms with Gasteiger partial charge in [-0.1, -0.05) is 18.2 Å². The van der Waals surface area contributed by atoms with Gasteiger partial charge in [0, 0.05) is 31.4 Å². The number of anilines is 1. The van der Waals surface area contributed by atoms with Crippen LogP contribution in [0.4, 0.5) is 5.69 Å². The lowest BCUT2D eigenvalue weighted by atomic mass is 10.0. The molecule has 0 aromatic heterocycles. The van der Waals surface area contributed by atoms with Crippen LogP contribution in [-0.4, -0.2) is 50.1 Å². The van der Waals surface area contributed by atoms with Crippen molar-refractivity contribution in [3.8, 4) is 0 Å². The molecule has 0 aliphatic carbocycles. The van der Waals surface area contributed by atoms with Crippen molar-refractivity contribution in [3.05, 3.63) is 29.8 Å². The summed E-state index contributed by atoms with van der Waals surface area (Å²) in [6.07, 6.45) is 4.44. The molecule has 2 aliphatic heterocycles. The summed E-state index contributed by atoms with van der Waals surface area (Å²) in [5.41, 5.74) is 2.44. The van der Waals surface area contributed by atoms with Crippen molar-refractivity contribution in [1.29, 1.82) is 0 Å². The molecule has 1 saturated heterocycles. The van der Waals surface area contributed by atoms with E-state index in [0.29, 0.717) is 12.6 Å². The molecule has 1 amide bonds. The molecule has 0 saturated carbocycles. The molecule has 0 unspecified atom stereocenters. The highest BCUT2D eigenvalue weighted by atomic mass is 16.2. The molecule has 0 radical (unpaired) electrons. The molecule has 1 aromatic carbocycles. The van der Waals surface area contributed by atoms with Gasteiger partial charge in [0.15, 0.2) is 0 Å². The van der Waals surface area contributed by atoms with Gasteiger partial charge in [0.25, 0.3) is 0 Å². The lowest BCUT2D eigenvalue weighted by Gasteiger charge is -2.34. The van der Waals surface area contributed by atoms with Gasteiger partial charge in [0.2, 0.25) is 5.91 Å². The first-order chi connectivity index (χ1) is 10.3. The zero-order valence-corrected chi connectivity index (χ0v) is 12.8. The van der Waals surface area contributed by atoms with Crippen molar-refractivity contribution in [3.63, 3.8) is 0 Å². The predicted octanol–water partition coefficient (Wildman–Crippen LogP) is 1.65. The van der Waals surface area contributed by atoms with Gasteiger partial charge in [0.05, 0.1) is 6.54 Å².